The minimum absolute atomic E-state index is 0.0288. The summed E-state index contributed by atoms with van der Waals surface area (Å²) in [6.45, 7) is 3.78. The van der Waals surface area contributed by atoms with Crippen LogP contribution in [0.5, 0.6) is 11.5 Å². The molecule has 1 unspecified atom stereocenters. The maximum Gasteiger partial charge on any atom is 0.300 e. The molecule has 1 aliphatic heterocycles. The maximum absolute atomic E-state index is 13.3. The molecule has 3 aromatic carbocycles. The number of carbonyl (C=O) groups excluding carboxylic acids is 2. The number of hydrogen-bond acceptors (Lipinski definition) is 5. The Hall–Kier alpha value is -4.06. The maximum atomic E-state index is 13.3. The van der Waals surface area contributed by atoms with Gasteiger partial charge in [0.05, 0.1) is 31.5 Å². The monoisotopic (exact) mass is 443 g/mol. The average molecular weight is 443 g/mol. The molecule has 6 heteroatoms. The van der Waals surface area contributed by atoms with E-state index in [1.807, 2.05) is 38.1 Å². The number of benzene rings is 3. The number of aliphatic hydroxyl groups excluding tert-OH is 1. The molecule has 3 aromatic rings. The standard InChI is InChI=1S/C27H25NO5/c1-16-8-7-9-18(14-16)24-23(25(29)19-12-13-21(32-3)17(2)15-19)26(30)27(31)28(24)20-10-5-6-11-22(20)33-4/h5-15,24,29H,1-4H3/b25-23-. The van der Waals surface area contributed by atoms with Gasteiger partial charge in [-0.3, -0.25) is 14.5 Å². The lowest BCUT2D eigenvalue weighted by atomic mass is 9.93. The van der Waals surface area contributed by atoms with Gasteiger partial charge in [-0.1, -0.05) is 42.0 Å². The van der Waals surface area contributed by atoms with E-state index in [0.29, 0.717) is 28.3 Å². The van der Waals surface area contributed by atoms with Crippen LogP contribution in [-0.2, 0) is 9.59 Å². The molecule has 1 amide bonds. The smallest absolute Gasteiger partial charge is 0.300 e. The van der Waals surface area contributed by atoms with E-state index in [4.69, 9.17) is 9.47 Å². The van der Waals surface area contributed by atoms with E-state index in [1.165, 1.54) is 12.0 Å². The van der Waals surface area contributed by atoms with E-state index in [1.54, 1.807) is 49.6 Å². The van der Waals surface area contributed by atoms with Crippen molar-refractivity contribution in [1.29, 1.82) is 0 Å². The Balaban J connectivity index is 1.97. The van der Waals surface area contributed by atoms with Crippen LogP contribution in [0.4, 0.5) is 5.69 Å². The largest absolute Gasteiger partial charge is 0.507 e. The van der Waals surface area contributed by atoms with Crippen LogP contribution in [-0.4, -0.2) is 31.0 Å². The van der Waals surface area contributed by atoms with Gasteiger partial charge in [0.2, 0.25) is 0 Å². The van der Waals surface area contributed by atoms with Gasteiger partial charge in [0.15, 0.2) is 0 Å². The lowest BCUT2D eigenvalue weighted by molar-refractivity contribution is -0.132. The highest BCUT2D eigenvalue weighted by molar-refractivity contribution is 6.51. The Morgan fingerprint density at radius 2 is 1.61 bits per heavy atom. The summed E-state index contributed by atoms with van der Waals surface area (Å²) in [6, 6.07) is 18.9. The van der Waals surface area contributed by atoms with Gasteiger partial charge in [0, 0.05) is 5.56 Å². The first-order valence-corrected chi connectivity index (χ1v) is 10.5. The van der Waals surface area contributed by atoms with Crippen molar-refractivity contribution in [2.75, 3.05) is 19.1 Å². The van der Waals surface area contributed by atoms with Gasteiger partial charge in [0.1, 0.15) is 17.3 Å². The van der Waals surface area contributed by atoms with Crippen LogP contribution in [0.25, 0.3) is 5.76 Å². The molecule has 0 aliphatic carbocycles. The molecule has 6 nitrogen and oxygen atoms in total. The molecule has 0 aromatic heterocycles. The molecular weight excluding hydrogens is 418 g/mol. The van der Waals surface area contributed by atoms with E-state index in [0.717, 1.165) is 11.1 Å². The number of ketones is 1. The van der Waals surface area contributed by atoms with Crippen LogP contribution in [0, 0.1) is 13.8 Å². The second-order valence-corrected chi connectivity index (χ2v) is 7.94. The van der Waals surface area contributed by atoms with Gasteiger partial charge in [-0.25, -0.2) is 0 Å². The van der Waals surface area contributed by atoms with E-state index < -0.39 is 17.7 Å². The molecule has 168 valence electrons. The highest BCUT2D eigenvalue weighted by atomic mass is 16.5. The van der Waals surface area contributed by atoms with Crippen molar-refractivity contribution in [2.24, 2.45) is 0 Å². The van der Waals surface area contributed by atoms with E-state index in [2.05, 4.69) is 0 Å². The third kappa shape index (κ3) is 3.84. The number of hydrogen-bond donors (Lipinski definition) is 1. The molecule has 0 spiro atoms. The van der Waals surface area contributed by atoms with Gasteiger partial charge in [0.25, 0.3) is 11.7 Å². The second-order valence-electron chi connectivity index (χ2n) is 7.94. The van der Waals surface area contributed by atoms with Crippen molar-refractivity contribution in [2.45, 2.75) is 19.9 Å². The molecule has 0 bridgehead atoms. The number of rotatable bonds is 5. The Bertz CT molecular complexity index is 1280. The van der Waals surface area contributed by atoms with Gasteiger partial charge < -0.3 is 14.6 Å². The number of amides is 1. The number of para-hydroxylation sites is 2. The summed E-state index contributed by atoms with van der Waals surface area (Å²) >= 11 is 0. The number of carbonyl (C=O) groups is 2. The summed E-state index contributed by atoms with van der Waals surface area (Å²) < 4.78 is 10.8. The number of methoxy groups -OCH3 is 2. The summed E-state index contributed by atoms with van der Waals surface area (Å²) in [4.78, 5) is 28.0. The van der Waals surface area contributed by atoms with Gasteiger partial charge in [-0.15, -0.1) is 0 Å². The highest BCUT2D eigenvalue weighted by Gasteiger charge is 2.47. The van der Waals surface area contributed by atoms with Crippen molar-refractivity contribution in [3.05, 3.63) is 94.6 Å². The van der Waals surface area contributed by atoms with Gasteiger partial charge >= 0.3 is 0 Å². The predicted octanol–water partition coefficient (Wildman–Crippen LogP) is 4.95. The number of aryl methyl sites for hydroxylation is 2. The summed E-state index contributed by atoms with van der Waals surface area (Å²) in [7, 11) is 3.08. The molecule has 0 radical (unpaired) electrons. The topological polar surface area (TPSA) is 76.1 Å². The van der Waals surface area contributed by atoms with Crippen LogP contribution in [0.2, 0.25) is 0 Å². The molecule has 1 saturated heterocycles. The summed E-state index contributed by atoms with van der Waals surface area (Å²) in [5, 5.41) is 11.3. The number of aliphatic hydroxyl groups is 1. The van der Waals surface area contributed by atoms with E-state index >= 15 is 0 Å². The average Bonchev–Trinajstić information content (AvgIpc) is 3.08. The summed E-state index contributed by atoms with van der Waals surface area (Å²) in [5.74, 6) is -0.590. The first-order valence-electron chi connectivity index (χ1n) is 10.5. The molecule has 0 saturated carbocycles. The number of ether oxygens (including phenoxy) is 2. The minimum atomic E-state index is -0.816. The van der Waals surface area contributed by atoms with Crippen LogP contribution in [0.15, 0.2) is 72.3 Å². The quantitative estimate of drug-likeness (QED) is 0.343. The third-order valence-corrected chi connectivity index (χ3v) is 5.82. The van der Waals surface area contributed by atoms with Crippen molar-refractivity contribution in [3.63, 3.8) is 0 Å². The molecule has 1 heterocycles. The fourth-order valence-corrected chi connectivity index (χ4v) is 4.25. The molecule has 1 atom stereocenters. The van der Waals surface area contributed by atoms with Crippen LogP contribution >= 0.6 is 0 Å². The SMILES string of the molecule is COc1ccc(/C(O)=C2/C(=O)C(=O)N(c3ccccc3OC)C2c2cccc(C)c2)cc1C. The molecule has 1 N–H and O–H groups in total. The van der Waals surface area contributed by atoms with Crippen LogP contribution < -0.4 is 14.4 Å². The normalized spacial score (nSPS) is 17.3. The number of anilines is 1. The molecule has 4 rings (SSSR count). The highest BCUT2D eigenvalue weighted by Crippen LogP contribution is 2.45. The lowest BCUT2D eigenvalue weighted by Gasteiger charge is -2.27. The number of Topliss-reactive ketones (excluding diaryl/α,β-unsaturated/α-hetero) is 1. The third-order valence-electron chi connectivity index (χ3n) is 5.82. The van der Waals surface area contributed by atoms with Gasteiger partial charge in [-0.05, 0) is 55.3 Å². The van der Waals surface area contributed by atoms with Crippen LogP contribution in [0.1, 0.15) is 28.3 Å². The predicted molar refractivity (Wildman–Crippen MR) is 127 cm³/mol. The molecular formula is C27H25NO5. The van der Waals surface area contributed by atoms with Crippen molar-refractivity contribution < 1.29 is 24.2 Å². The first-order chi connectivity index (χ1) is 15.9. The molecule has 1 fully saturated rings. The first kappa shape index (κ1) is 22.1. The van der Waals surface area contributed by atoms with E-state index in [-0.39, 0.29) is 11.3 Å². The molecule has 33 heavy (non-hydrogen) atoms. The van der Waals surface area contributed by atoms with Crippen LogP contribution in [0.3, 0.4) is 0 Å². The lowest BCUT2D eigenvalue weighted by Crippen LogP contribution is -2.29. The summed E-state index contributed by atoms with van der Waals surface area (Å²) in [6.07, 6.45) is 0. The van der Waals surface area contributed by atoms with Crippen molar-refractivity contribution in [3.8, 4) is 11.5 Å². The van der Waals surface area contributed by atoms with Gasteiger partial charge in [-0.2, -0.15) is 0 Å². The second kappa shape index (κ2) is 8.82. The number of nitrogens with zero attached hydrogens (tertiary/aromatic N) is 1. The summed E-state index contributed by atoms with van der Waals surface area (Å²) in [5.41, 5.74) is 3.40. The molecule has 1 aliphatic rings. The van der Waals surface area contributed by atoms with Crippen molar-refractivity contribution in [1.82, 2.24) is 0 Å². The fourth-order valence-electron chi connectivity index (χ4n) is 4.25. The van der Waals surface area contributed by atoms with E-state index in [9.17, 15) is 14.7 Å². The Morgan fingerprint density at radius 1 is 0.879 bits per heavy atom. The zero-order chi connectivity index (χ0) is 23.7. The Kier molecular flexibility index (Phi) is 5.92. The van der Waals surface area contributed by atoms with Crippen molar-refractivity contribution >= 4 is 23.1 Å². The Labute approximate surface area is 192 Å². The zero-order valence-corrected chi connectivity index (χ0v) is 19.0. The minimum Gasteiger partial charge on any atom is -0.507 e. The Morgan fingerprint density at radius 3 is 2.27 bits per heavy atom. The zero-order valence-electron chi connectivity index (χ0n) is 19.0. The fraction of sp³-hybridized carbons (Fsp3) is 0.185.